The van der Waals surface area contributed by atoms with Crippen LogP contribution in [0.5, 0.6) is 0 Å². The monoisotopic (exact) mass is 520 g/mol. The van der Waals surface area contributed by atoms with Gasteiger partial charge < -0.3 is 0 Å². The fourth-order valence-electron chi connectivity index (χ4n) is 4.68. The highest BCUT2D eigenvalue weighted by atomic mass is 33.1. The maximum atomic E-state index is 8.94. The van der Waals surface area contributed by atoms with Crippen LogP contribution in [0.15, 0.2) is 48.5 Å². The number of rotatable bonds is 11. The molecular weight excluding hydrogens is 484 g/mol. The normalized spacial score (nSPS) is 18.1. The summed E-state index contributed by atoms with van der Waals surface area (Å²) in [7, 11) is 4.05. The fourth-order valence-corrected chi connectivity index (χ4v) is 6.73. The van der Waals surface area contributed by atoms with E-state index in [-0.39, 0.29) is 0 Å². The number of hydrogen-bond acceptors (Lipinski definition) is 8. The van der Waals surface area contributed by atoms with Crippen LogP contribution in [0.1, 0.15) is 22.3 Å². The molecule has 2 saturated heterocycles. The van der Waals surface area contributed by atoms with Gasteiger partial charge in [0.25, 0.3) is 0 Å². The zero-order chi connectivity index (χ0) is 25.0. The van der Waals surface area contributed by atoms with Gasteiger partial charge in [-0.2, -0.15) is 10.5 Å². The maximum absolute atomic E-state index is 8.94. The van der Waals surface area contributed by atoms with Crippen molar-refractivity contribution in [3.63, 3.8) is 0 Å². The van der Waals surface area contributed by atoms with Gasteiger partial charge in [0, 0.05) is 90.0 Å². The van der Waals surface area contributed by atoms with E-state index in [1.165, 1.54) is 35.7 Å². The van der Waals surface area contributed by atoms with Crippen LogP contribution in [0.2, 0.25) is 0 Å². The highest BCUT2D eigenvalue weighted by molar-refractivity contribution is 8.76. The molecule has 2 aliphatic heterocycles. The summed E-state index contributed by atoms with van der Waals surface area (Å²) in [5, 5.41) is 17.9. The van der Waals surface area contributed by atoms with Crippen LogP contribution in [-0.4, -0.2) is 96.6 Å². The Morgan fingerprint density at radius 3 is 1.19 bits per heavy atom. The van der Waals surface area contributed by atoms with Gasteiger partial charge in [0.2, 0.25) is 0 Å². The number of nitrogens with zero attached hydrogens (tertiary/aromatic N) is 6. The maximum Gasteiger partial charge on any atom is 0.0991 e. The van der Waals surface area contributed by atoms with Crippen molar-refractivity contribution in [3.8, 4) is 12.1 Å². The first kappa shape index (κ1) is 27.0. The topological polar surface area (TPSA) is 60.5 Å². The predicted octanol–water partition coefficient (Wildman–Crippen LogP) is 3.75. The Hall–Kier alpha value is -2.04. The van der Waals surface area contributed by atoms with Crippen LogP contribution in [-0.2, 0) is 13.1 Å². The van der Waals surface area contributed by atoms with Gasteiger partial charge in [-0.05, 0) is 35.4 Å². The van der Waals surface area contributed by atoms with Gasteiger partial charge in [0.05, 0.1) is 23.3 Å². The minimum atomic E-state index is 0.734. The van der Waals surface area contributed by atoms with E-state index in [0.29, 0.717) is 0 Å². The molecule has 0 aromatic heterocycles. The first-order valence-corrected chi connectivity index (χ1v) is 15.3. The second kappa shape index (κ2) is 14.6. The molecule has 0 N–H and O–H groups in total. The van der Waals surface area contributed by atoms with Crippen molar-refractivity contribution in [3.05, 3.63) is 70.8 Å². The average Bonchev–Trinajstić information content (AvgIpc) is 2.93. The summed E-state index contributed by atoms with van der Waals surface area (Å²) in [5.41, 5.74) is 4.06. The molecule has 2 aromatic rings. The van der Waals surface area contributed by atoms with E-state index in [0.717, 1.165) is 76.6 Å². The summed E-state index contributed by atoms with van der Waals surface area (Å²) in [6.45, 7) is 13.4. The molecule has 0 radical (unpaired) electrons. The Bertz CT molecular complexity index is 915. The lowest BCUT2D eigenvalue weighted by molar-refractivity contribution is 0.132. The lowest BCUT2D eigenvalue weighted by Crippen LogP contribution is -2.46. The van der Waals surface area contributed by atoms with Gasteiger partial charge in [-0.3, -0.25) is 19.6 Å². The molecule has 0 amide bonds. The molecule has 2 heterocycles. The molecule has 0 aliphatic carbocycles. The fraction of sp³-hybridized carbons (Fsp3) is 0.500. The van der Waals surface area contributed by atoms with Gasteiger partial charge in [0.15, 0.2) is 0 Å². The largest absolute Gasteiger partial charge is 0.300 e. The molecule has 190 valence electrons. The van der Waals surface area contributed by atoms with Crippen molar-refractivity contribution in [2.24, 2.45) is 0 Å². The van der Waals surface area contributed by atoms with Crippen molar-refractivity contribution >= 4 is 21.6 Å². The molecule has 8 heteroatoms. The van der Waals surface area contributed by atoms with E-state index in [9.17, 15) is 0 Å². The van der Waals surface area contributed by atoms with Crippen LogP contribution in [0, 0.1) is 22.7 Å². The molecule has 0 bridgehead atoms. The van der Waals surface area contributed by atoms with Gasteiger partial charge in [-0.1, -0.05) is 45.9 Å². The predicted molar refractivity (Wildman–Crippen MR) is 151 cm³/mol. The molecule has 0 atom stereocenters. The first-order chi connectivity index (χ1) is 17.7. The summed E-state index contributed by atoms with van der Waals surface area (Å²) >= 11 is 0. The second-order valence-corrected chi connectivity index (χ2v) is 12.2. The number of piperazine rings is 2. The summed E-state index contributed by atoms with van der Waals surface area (Å²) in [6, 6.07) is 20.4. The zero-order valence-electron chi connectivity index (χ0n) is 21.0. The average molecular weight is 521 g/mol. The van der Waals surface area contributed by atoms with E-state index in [4.69, 9.17) is 10.5 Å². The third kappa shape index (κ3) is 8.81. The highest BCUT2D eigenvalue weighted by Crippen LogP contribution is 2.22. The molecule has 36 heavy (non-hydrogen) atoms. The minimum Gasteiger partial charge on any atom is -0.300 e. The van der Waals surface area contributed by atoms with Crippen LogP contribution in [0.25, 0.3) is 0 Å². The Morgan fingerprint density at radius 1 is 0.528 bits per heavy atom. The van der Waals surface area contributed by atoms with Crippen molar-refractivity contribution in [1.82, 2.24) is 19.6 Å². The highest BCUT2D eigenvalue weighted by Gasteiger charge is 2.18. The molecule has 0 spiro atoms. The lowest BCUT2D eigenvalue weighted by atomic mass is 10.1. The number of nitriles is 2. The quantitative estimate of drug-likeness (QED) is 0.328. The summed E-state index contributed by atoms with van der Waals surface area (Å²) in [4.78, 5) is 10.2. The number of benzene rings is 2. The van der Waals surface area contributed by atoms with Crippen molar-refractivity contribution < 1.29 is 0 Å². The summed E-state index contributed by atoms with van der Waals surface area (Å²) < 4.78 is 0. The Morgan fingerprint density at radius 2 is 0.861 bits per heavy atom. The van der Waals surface area contributed by atoms with Crippen molar-refractivity contribution in [1.29, 1.82) is 10.5 Å². The summed E-state index contributed by atoms with van der Waals surface area (Å²) in [5.74, 6) is 2.39. The molecular formula is C28H36N6S2. The van der Waals surface area contributed by atoms with E-state index >= 15 is 0 Å². The molecule has 6 nitrogen and oxygen atoms in total. The van der Waals surface area contributed by atoms with Gasteiger partial charge in [-0.15, -0.1) is 0 Å². The smallest absolute Gasteiger partial charge is 0.0991 e. The van der Waals surface area contributed by atoms with E-state index in [1.807, 2.05) is 45.9 Å². The molecule has 2 fully saturated rings. The third-order valence-corrected chi connectivity index (χ3v) is 9.34. The van der Waals surface area contributed by atoms with Crippen molar-refractivity contribution in [2.75, 3.05) is 77.0 Å². The van der Waals surface area contributed by atoms with Crippen molar-refractivity contribution in [2.45, 2.75) is 13.1 Å². The number of hydrogen-bond donors (Lipinski definition) is 0. The lowest BCUT2D eigenvalue weighted by Gasteiger charge is -2.35. The summed E-state index contributed by atoms with van der Waals surface area (Å²) in [6.07, 6.45) is 0. The Balaban J connectivity index is 1.00. The van der Waals surface area contributed by atoms with Gasteiger partial charge in [0.1, 0.15) is 0 Å². The van der Waals surface area contributed by atoms with Crippen LogP contribution < -0.4 is 0 Å². The standard InChI is InChI=1S/C28H36N6S2/c29-21-25-1-5-27(6-2-25)23-33-13-9-31(10-14-33)17-19-35-36-20-18-32-11-15-34(16-12-32)24-28-7-3-26(22-30)4-8-28/h1-8H,9-20,23-24H2. The molecule has 2 aliphatic rings. The van der Waals surface area contributed by atoms with Gasteiger partial charge >= 0.3 is 0 Å². The molecule has 0 unspecified atom stereocenters. The molecule has 4 rings (SSSR count). The van der Waals surface area contributed by atoms with E-state index in [2.05, 4.69) is 56.0 Å². The van der Waals surface area contributed by atoms with Crippen LogP contribution in [0.4, 0.5) is 0 Å². The van der Waals surface area contributed by atoms with Gasteiger partial charge in [-0.25, -0.2) is 0 Å². The van der Waals surface area contributed by atoms with E-state index in [1.54, 1.807) is 0 Å². The van der Waals surface area contributed by atoms with E-state index < -0.39 is 0 Å². The minimum absolute atomic E-state index is 0.734. The van der Waals surface area contributed by atoms with Crippen LogP contribution in [0.3, 0.4) is 0 Å². The van der Waals surface area contributed by atoms with Crippen LogP contribution >= 0.6 is 21.6 Å². The zero-order valence-corrected chi connectivity index (χ0v) is 22.7. The molecule has 2 aromatic carbocycles. The third-order valence-electron chi connectivity index (χ3n) is 6.97. The SMILES string of the molecule is N#Cc1ccc(CN2CCN(CCSSCCN3CCN(Cc4ccc(C#N)cc4)CC3)CC2)cc1. The second-order valence-electron chi connectivity index (χ2n) is 9.50. The first-order valence-electron chi connectivity index (χ1n) is 12.8. The molecule has 0 saturated carbocycles. The Kier molecular flexibility index (Phi) is 11.0. The Labute approximate surface area is 224 Å².